The third-order valence-electron chi connectivity index (χ3n) is 11.1. The Morgan fingerprint density at radius 2 is 1.18 bits per heavy atom. The van der Waals surface area contributed by atoms with Gasteiger partial charge in [-0.25, -0.2) is 4.98 Å². The van der Waals surface area contributed by atoms with E-state index < -0.39 is 0 Å². The van der Waals surface area contributed by atoms with Crippen molar-refractivity contribution in [1.82, 2.24) is 9.55 Å². The minimum Gasteiger partial charge on any atom is -0.313 e. The standard InChI is InChI=1S/C51H35N3S/c1-4-13-34(14-5-1)35-23-25-38(26-24-35)53(39-27-31-48-45(33-39)42-19-10-11-21-47(42)54(48)37-17-8-3-9-18-37)46-22-12-20-40-41-30-32-49-50(44(41)29-28-43(40)46)52-51(55-49)36-15-6-2-7-16-36/h1-8,10-17,19-33H,9,18H2. The van der Waals surface area contributed by atoms with Gasteiger partial charge in [0, 0.05) is 44.2 Å². The van der Waals surface area contributed by atoms with E-state index in [0.717, 1.165) is 46.0 Å². The molecule has 1 aliphatic rings. The van der Waals surface area contributed by atoms with Gasteiger partial charge in [-0.3, -0.25) is 0 Å². The summed E-state index contributed by atoms with van der Waals surface area (Å²) in [6, 6.07) is 61.8. The van der Waals surface area contributed by atoms with Crippen LogP contribution < -0.4 is 4.90 Å². The topological polar surface area (TPSA) is 21.1 Å². The van der Waals surface area contributed by atoms with Gasteiger partial charge in [-0.15, -0.1) is 11.3 Å². The number of rotatable bonds is 6. The number of aromatic nitrogens is 2. The van der Waals surface area contributed by atoms with Gasteiger partial charge < -0.3 is 9.47 Å². The molecule has 4 heteroatoms. The van der Waals surface area contributed by atoms with Crippen LogP contribution in [0.2, 0.25) is 0 Å². The highest BCUT2D eigenvalue weighted by atomic mass is 32.1. The summed E-state index contributed by atoms with van der Waals surface area (Å²) in [6.45, 7) is 0. The van der Waals surface area contributed by atoms with Crippen LogP contribution in [0, 0.1) is 0 Å². The molecular formula is C51H35N3S. The van der Waals surface area contributed by atoms with Crippen LogP contribution in [0.25, 0.3) is 81.0 Å². The largest absolute Gasteiger partial charge is 0.313 e. The highest BCUT2D eigenvalue weighted by molar-refractivity contribution is 7.21. The van der Waals surface area contributed by atoms with Crippen LogP contribution in [0.15, 0.2) is 188 Å². The molecule has 0 N–H and O–H groups in total. The molecule has 0 fully saturated rings. The number of hydrogen-bond donors (Lipinski definition) is 0. The molecule has 0 saturated carbocycles. The van der Waals surface area contributed by atoms with Gasteiger partial charge in [0.25, 0.3) is 0 Å². The summed E-state index contributed by atoms with van der Waals surface area (Å²) in [6.07, 6.45) is 8.80. The summed E-state index contributed by atoms with van der Waals surface area (Å²) in [5.74, 6) is 0. The minimum atomic E-state index is 1.02. The van der Waals surface area contributed by atoms with Crippen LogP contribution in [-0.2, 0) is 0 Å². The van der Waals surface area contributed by atoms with Crippen molar-refractivity contribution in [1.29, 1.82) is 0 Å². The van der Waals surface area contributed by atoms with Crippen molar-refractivity contribution in [3.63, 3.8) is 0 Å². The zero-order chi connectivity index (χ0) is 36.3. The summed E-state index contributed by atoms with van der Waals surface area (Å²) < 4.78 is 3.66. The molecule has 11 rings (SSSR count). The second-order valence-electron chi connectivity index (χ2n) is 14.3. The van der Waals surface area contributed by atoms with Gasteiger partial charge in [-0.2, -0.15) is 0 Å². The number of fused-ring (bicyclic) bond motifs is 8. The number of allylic oxidation sites excluding steroid dienone is 4. The first-order valence-electron chi connectivity index (χ1n) is 18.9. The van der Waals surface area contributed by atoms with E-state index in [9.17, 15) is 0 Å². The van der Waals surface area contributed by atoms with Crippen LogP contribution in [0.1, 0.15) is 12.8 Å². The highest BCUT2D eigenvalue weighted by Gasteiger charge is 2.21. The second-order valence-corrected chi connectivity index (χ2v) is 15.3. The third kappa shape index (κ3) is 5.29. The average molecular weight is 722 g/mol. The first-order valence-corrected chi connectivity index (χ1v) is 19.8. The molecule has 2 heterocycles. The summed E-state index contributed by atoms with van der Waals surface area (Å²) in [5.41, 5.74) is 11.8. The van der Waals surface area contributed by atoms with Crippen LogP contribution in [0.5, 0.6) is 0 Å². The van der Waals surface area contributed by atoms with E-state index in [1.165, 1.54) is 64.9 Å². The maximum atomic E-state index is 5.19. The van der Waals surface area contributed by atoms with Crippen LogP contribution >= 0.6 is 11.3 Å². The SMILES string of the molecule is C1=CCCC(n2c3ccccc3c3cc(N(c4ccc(-c5ccccc5)cc4)c4cccc5c4ccc4c5ccc5sc(-c6ccccc6)nc54)ccc32)=C1. The fraction of sp³-hybridized carbons (Fsp3) is 0.0392. The molecule has 1 aliphatic carbocycles. The van der Waals surface area contributed by atoms with Gasteiger partial charge in [0.2, 0.25) is 0 Å². The third-order valence-corrected chi connectivity index (χ3v) is 12.1. The van der Waals surface area contributed by atoms with Gasteiger partial charge in [-0.1, -0.05) is 133 Å². The van der Waals surface area contributed by atoms with Crippen molar-refractivity contribution in [3.8, 4) is 21.7 Å². The van der Waals surface area contributed by atoms with E-state index in [-0.39, 0.29) is 0 Å². The molecule has 3 nitrogen and oxygen atoms in total. The van der Waals surface area contributed by atoms with Crippen LogP contribution in [0.3, 0.4) is 0 Å². The summed E-state index contributed by atoms with van der Waals surface area (Å²) in [4.78, 5) is 7.63. The molecule has 55 heavy (non-hydrogen) atoms. The van der Waals surface area contributed by atoms with Gasteiger partial charge in [0.05, 0.1) is 26.9 Å². The minimum absolute atomic E-state index is 1.02. The molecule has 0 spiro atoms. The Morgan fingerprint density at radius 1 is 0.509 bits per heavy atom. The van der Waals surface area contributed by atoms with Gasteiger partial charge in [0.15, 0.2) is 0 Å². The Labute approximate surface area is 323 Å². The zero-order valence-electron chi connectivity index (χ0n) is 30.1. The molecule has 0 amide bonds. The van der Waals surface area contributed by atoms with Gasteiger partial charge in [-0.05, 0) is 89.3 Å². The fourth-order valence-electron chi connectivity index (χ4n) is 8.49. The lowest BCUT2D eigenvalue weighted by Gasteiger charge is -2.27. The molecule has 260 valence electrons. The molecule has 0 saturated heterocycles. The quantitative estimate of drug-likeness (QED) is 0.159. The molecule has 0 aliphatic heterocycles. The number of para-hydroxylation sites is 1. The predicted octanol–water partition coefficient (Wildman–Crippen LogP) is 14.7. The van der Waals surface area contributed by atoms with E-state index in [1.807, 2.05) is 0 Å². The van der Waals surface area contributed by atoms with E-state index in [2.05, 4.69) is 198 Å². The molecule has 0 atom stereocenters. The summed E-state index contributed by atoms with van der Waals surface area (Å²) in [7, 11) is 0. The van der Waals surface area contributed by atoms with Gasteiger partial charge in [0.1, 0.15) is 5.01 Å². The number of nitrogens with zero attached hydrogens (tertiary/aromatic N) is 3. The Kier molecular flexibility index (Phi) is 7.49. The van der Waals surface area contributed by atoms with Crippen LogP contribution in [0.4, 0.5) is 17.1 Å². The normalized spacial score (nSPS) is 13.0. The monoisotopic (exact) mass is 721 g/mol. The van der Waals surface area contributed by atoms with Crippen molar-refractivity contribution in [2.75, 3.05) is 4.90 Å². The second kappa shape index (κ2) is 13.0. The number of hydrogen-bond acceptors (Lipinski definition) is 3. The first kappa shape index (κ1) is 31.7. The molecule has 10 aromatic rings. The fourth-order valence-corrected chi connectivity index (χ4v) is 9.48. The lowest BCUT2D eigenvalue weighted by molar-refractivity contribution is 0.979. The van der Waals surface area contributed by atoms with Crippen molar-refractivity contribution in [2.24, 2.45) is 0 Å². The van der Waals surface area contributed by atoms with Crippen molar-refractivity contribution >= 4 is 87.7 Å². The Bertz CT molecular complexity index is 3130. The molecule has 2 aromatic heterocycles. The van der Waals surface area contributed by atoms with Gasteiger partial charge >= 0.3 is 0 Å². The zero-order valence-corrected chi connectivity index (χ0v) is 30.9. The van der Waals surface area contributed by atoms with Crippen molar-refractivity contribution in [3.05, 3.63) is 188 Å². The lowest BCUT2D eigenvalue weighted by atomic mass is 9.98. The van der Waals surface area contributed by atoms with E-state index in [0.29, 0.717) is 0 Å². The maximum absolute atomic E-state index is 5.19. The Hall–Kier alpha value is -6.75. The molecule has 0 unspecified atom stereocenters. The molecule has 0 radical (unpaired) electrons. The lowest BCUT2D eigenvalue weighted by Crippen LogP contribution is -2.10. The number of benzene rings is 8. The number of thiazole rings is 1. The van der Waals surface area contributed by atoms with Crippen molar-refractivity contribution < 1.29 is 0 Å². The smallest absolute Gasteiger partial charge is 0.124 e. The van der Waals surface area contributed by atoms with E-state index in [4.69, 9.17) is 4.98 Å². The maximum Gasteiger partial charge on any atom is 0.124 e. The first-order chi connectivity index (χ1) is 27.3. The summed E-state index contributed by atoms with van der Waals surface area (Å²) in [5, 5.41) is 8.37. The van der Waals surface area contributed by atoms with Crippen LogP contribution in [-0.4, -0.2) is 9.55 Å². The predicted molar refractivity (Wildman–Crippen MR) is 236 cm³/mol. The number of anilines is 3. The highest BCUT2D eigenvalue weighted by Crippen LogP contribution is 2.45. The molecular weight excluding hydrogens is 687 g/mol. The molecule has 0 bridgehead atoms. The average Bonchev–Trinajstić information content (AvgIpc) is 3.85. The van der Waals surface area contributed by atoms with Crippen molar-refractivity contribution in [2.45, 2.75) is 12.8 Å². The Morgan fingerprint density at radius 3 is 2.00 bits per heavy atom. The Balaban J connectivity index is 1.12. The molecule has 8 aromatic carbocycles. The summed E-state index contributed by atoms with van der Waals surface area (Å²) >= 11 is 1.76. The van der Waals surface area contributed by atoms with E-state index >= 15 is 0 Å². The van der Waals surface area contributed by atoms with E-state index in [1.54, 1.807) is 11.3 Å².